The summed E-state index contributed by atoms with van der Waals surface area (Å²) in [4.78, 5) is 14.2. The van der Waals surface area contributed by atoms with Crippen molar-refractivity contribution in [3.05, 3.63) is 28.3 Å². The average Bonchev–Trinajstić information content (AvgIpc) is 3.17. The zero-order valence-electron chi connectivity index (χ0n) is 13.1. The molecule has 3 heterocycles. The normalized spacial score (nSPS) is 17.4. The number of β-amino-alcohol motifs (C(OH)–C–C–N with tert-alkyl or cyclic N) is 1. The Morgan fingerprint density at radius 2 is 2.22 bits per heavy atom. The van der Waals surface area contributed by atoms with Crippen LogP contribution in [0.1, 0.15) is 22.6 Å². The molecule has 1 saturated heterocycles. The number of anilines is 1. The molecular weight excluding hydrogens is 328 g/mol. The first-order chi connectivity index (χ1) is 11.2. The number of rotatable bonds is 5. The quantitative estimate of drug-likeness (QED) is 0.808. The Labute approximate surface area is 144 Å². The van der Waals surface area contributed by atoms with Gasteiger partial charge in [-0.05, 0) is 37.7 Å². The standard InChI is InChI=1S/C16H20N4OS2/c1-22-17-7-11-5-6-14(23-11)15-12-3-2-4-13(12)18-16(19-15)20-8-10(21)9-20/h5-6,10,17,21H,2-4,7-9H2,1H3. The van der Waals surface area contributed by atoms with E-state index < -0.39 is 0 Å². The highest BCUT2D eigenvalue weighted by Crippen LogP contribution is 2.36. The molecule has 0 amide bonds. The van der Waals surface area contributed by atoms with Gasteiger partial charge in [-0.1, -0.05) is 11.9 Å². The Bertz CT molecular complexity index is 712. The molecule has 7 heteroatoms. The van der Waals surface area contributed by atoms with Gasteiger partial charge < -0.3 is 10.0 Å². The molecule has 0 spiro atoms. The molecule has 0 aromatic carbocycles. The molecular formula is C16H20N4OS2. The van der Waals surface area contributed by atoms with E-state index >= 15 is 0 Å². The number of hydrogen-bond acceptors (Lipinski definition) is 7. The second-order valence-electron chi connectivity index (χ2n) is 6.00. The third-order valence-corrected chi connectivity index (χ3v) is 5.88. The highest BCUT2D eigenvalue weighted by molar-refractivity contribution is 7.96. The summed E-state index contributed by atoms with van der Waals surface area (Å²) in [7, 11) is 0. The van der Waals surface area contributed by atoms with E-state index in [-0.39, 0.29) is 6.10 Å². The van der Waals surface area contributed by atoms with Gasteiger partial charge in [0.1, 0.15) is 0 Å². The minimum absolute atomic E-state index is 0.235. The fourth-order valence-electron chi connectivity index (χ4n) is 3.13. The summed E-state index contributed by atoms with van der Waals surface area (Å²) in [5, 5.41) is 9.54. The zero-order valence-corrected chi connectivity index (χ0v) is 14.7. The topological polar surface area (TPSA) is 61.3 Å². The number of aromatic nitrogens is 2. The first kappa shape index (κ1) is 15.4. The van der Waals surface area contributed by atoms with Crippen LogP contribution in [0.5, 0.6) is 0 Å². The van der Waals surface area contributed by atoms with E-state index in [4.69, 9.17) is 9.97 Å². The van der Waals surface area contributed by atoms with E-state index in [1.807, 2.05) is 6.26 Å². The highest BCUT2D eigenvalue weighted by atomic mass is 32.2. The lowest BCUT2D eigenvalue weighted by atomic mass is 10.1. The monoisotopic (exact) mass is 348 g/mol. The van der Waals surface area contributed by atoms with Crippen LogP contribution in [0.3, 0.4) is 0 Å². The molecule has 23 heavy (non-hydrogen) atoms. The van der Waals surface area contributed by atoms with Crippen LogP contribution in [0.15, 0.2) is 12.1 Å². The first-order valence-electron chi connectivity index (χ1n) is 7.92. The van der Waals surface area contributed by atoms with Gasteiger partial charge in [0.25, 0.3) is 0 Å². The number of aryl methyl sites for hydroxylation is 1. The van der Waals surface area contributed by atoms with E-state index in [1.54, 1.807) is 23.3 Å². The molecule has 1 aliphatic heterocycles. The molecule has 0 saturated carbocycles. The van der Waals surface area contributed by atoms with Gasteiger partial charge in [0.05, 0.1) is 16.7 Å². The van der Waals surface area contributed by atoms with Crippen molar-refractivity contribution in [1.29, 1.82) is 0 Å². The number of thiophene rings is 1. The number of nitrogens with zero attached hydrogens (tertiary/aromatic N) is 3. The van der Waals surface area contributed by atoms with Gasteiger partial charge in [-0.25, -0.2) is 9.97 Å². The third kappa shape index (κ3) is 2.98. The second-order valence-corrected chi connectivity index (χ2v) is 7.87. The molecule has 2 aromatic rings. The van der Waals surface area contributed by atoms with Crippen molar-refractivity contribution in [3.8, 4) is 10.6 Å². The van der Waals surface area contributed by atoms with Crippen molar-refractivity contribution in [2.45, 2.75) is 31.9 Å². The van der Waals surface area contributed by atoms with Gasteiger partial charge in [0, 0.05) is 35.8 Å². The van der Waals surface area contributed by atoms with Crippen molar-refractivity contribution in [1.82, 2.24) is 14.7 Å². The Hall–Kier alpha value is -1.15. The van der Waals surface area contributed by atoms with Crippen LogP contribution in [0.4, 0.5) is 5.95 Å². The predicted molar refractivity (Wildman–Crippen MR) is 95.9 cm³/mol. The van der Waals surface area contributed by atoms with Crippen LogP contribution in [0.25, 0.3) is 10.6 Å². The predicted octanol–water partition coefficient (Wildman–Crippen LogP) is 2.24. The molecule has 5 nitrogen and oxygen atoms in total. The number of fused-ring (bicyclic) bond motifs is 1. The molecule has 2 aromatic heterocycles. The molecule has 0 unspecified atom stereocenters. The zero-order chi connectivity index (χ0) is 15.8. The second kappa shape index (κ2) is 6.39. The fourth-order valence-corrected chi connectivity index (χ4v) is 4.48. The molecule has 2 N–H and O–H groups in total. The van der Waals surface area contributed by atoms with Crippen LogP contribution in [-0.4, -0.2) is 40.5 Å². The van der Waals surface area contributed by atoms with Gasteiger partial charge in [-0.15, -0.1) is 11.3 Å². The smallest absolute Gasteiger partial charge is 0.226 e. The maximum Gasteiger partial charge on any atom is 0.226 e. The molecule has 0 bridgehead atoms. The summed E-state index contributed by atoms with van der Waals surface area (Å²) in [6, 6.07) is 4.36. The van der Waals surface area contributed by atoms with Crippen molar-refractivity contribution < 1.29 is 5.11 Å². The maximum absolute atomic E-state index is 9.54. The van der Waals surface area contributed by atoms with Gasteiger partial charge >= 0.3 is 0 Å². The Morgan fingerprint density at radius 3 is 3.00 bits per heavy atom. The number of aliphatic hydroxyl groups excluding tert-OH is 1. The number of nitrogens with one attached hydrogen (secondary N) is 1. The van der Waals surface area contributed by atoms with Crippen LogP contribution in [0.2, 0.25) is 0 Å². The van der Waals surface area contributed by atoms with Crippen molar-refractivity contribution >= 4 is 29.2 Å². The SMILES string of the molecule is CSNCc1ccc(-c2nc(N3CC(O)C3)nc3c2CCC3)s1. The van der Waals surface area contributed by atoms with Gasteiger partial charge in [-0.3, -0.25) is 4.72 Å². The maximum atomic E-state index is 9.54. The summed E-state index contributed by atoms with van der Waals surface area (Å²) in [6.07, 6.45) is 5.08. The highest BCUT2D eigenvalue weighted by Gasteiger charge is 2.29. The molecule has 1 fully saturated rings. The van der Waals surface area contributed by atoms with Crippen molar-refractivity contribution in [3.63, 3.8) is 0 Å². The lowest BCUT2D eigenvalue weighted by Crippen LogP contribution is -2.51. The summed E-state index contributed by atoms with van der Waals surface area (Å²) in [6.45, 7) is 2.17. The van der Waals surface area contributed by atoms with Crippen molar-refractivity contribution in [2.24, 2.45) is 0 Å². The van der Waals surface area contributed by atoms with Crippen molar-refractivity contribution in [2.75, 3.05) is 24.2 Å². The van der Waals surface area contributed by atoms with Gasteiger partial charge in [-0.2, -0.15) is 0 Å². The summed E-state index contributed by atoms with van der Waals surface area (Å²) < 4.78 is 3.29. The molecule has 1 aliphatic carbocycles. The minimum atomic E-state index is -0.235. The van der Waals surface area contributed by atoms with Crippen LogP contribution >= 0.6 is 23.3 Å². The summed E-state index contributed by atoms with van der Waals surface area (Å²) in [5.41, 5.74) is 3.62. The van der Waals surface area contributed by atoms with Gasteiger partial charge in [0.2, 0.25) is 5.95 Å². The lowest BCUT2D eigenvalue weighted by molar-refractivity contribution is 0.140. The minimum Gasteiger partial charge on any atom is -0.389 e. The molecule has 0 atom stereocenters. The molecule has 4 rings (SSSR count). The van der Waals surface area contributed by atoms with Gasteiger partial charge in [0.15, 0.2) is 0 Å². The van der Waals surface area contributed by atoms with E-state index in [1.165, 1.54) is 21.0 Å². The number of aliphatic hydroxyl groups is 1. The van der Waals surface area contributed by atoms with Crippen LogP contribution in [0, 0.1) is 0 Å². The number of hydrogen-bond donors (Lipinski definition) is 2. The van der Waals surface area contributed by atoms with E-state index in [0.29, 0.717) is 13.1 Å². The van der Waals surface area contributed by atoms with Crippen LogP contribution < -0.4 is 9.62 Å². The largest absolute Gasteiger partial charge is 0.389 e. The third-order valence-electron chi connectivity index (χ3n) is 4.35. The fraction of sp³-hybridized carbons (Fsp3) is 0.500. The molecule has 2 aliphatic rings. The van der Waals surface area contributed by atoms with E-state index in [2.05, 4.69) is 21.8 Å². The van der Waals surface area contributed by atoms with E-state index in [9.17, 15) is 5.11 Å². The molecule has 0 radical (unpaired) electrons. The van der Waals surface area contributed by atoms with E-state index in [0.717, 1.165) is 37.4 Å². The Balaban J connectivity index is 1.68. The Kier molecular flexibility index (Phi) is 4.27. The molecule has 122 valence electrons. The summed E-state index contributed by atoms with van der Waals surface area (Å²) in [5.74, 6) is 0.781. The Morgan fingerprint density at radius 1 is 1.35 bits per heavy atom. The average molecular weight is 348 g/mol. The lowest BCUT2D eigenvalue weighted by Gasteiger charge is -2.36. The van der Waals surface area contributed by atoms with Crippen LogP contribution in [-0.2, 0) is 19.4 Å². The first-order valence-corrected chi connectivity index (χ1v) is 9.96. The summed E-state index contributed by atoms with van der Waals surface area (Å²) >= 11 is 3.44.